The van der Waals surface area contributed by atoms with Crippen LogP contribution in [0.4, 0.5) is 29.1 Å². The number of amides is 1. The van der Waals surface area contributed by atoms with Crippen LogP contribution in [-0.4, -0.2) is 26.9 Å². The van der Waals surface area contributed by atoms with Crippen molar-refractivity contribution >= 4 is 50.9 Å². The fourth-order valence-electron chi connectivity index (χ4n) is 3.59. The molecule has 4 rings (SSSR count). The van der Waals surface area contributed by atoms with Crippen LogP contribution in [0.1, 0.15) is 28.9 Å². The third kappa shape index (κ3) is 4.26. The summed E-state index contributed by atoms with van der Waals surface area (Å²) in [6.45, 7) is 0. The molecule has 1 atom stereocenters. The zero-order chi connectivity index (χ0) is 23.2. The Labute approximate surface area is 189 Å². The Balaban J connectivity index is 1.52. The van der Waals surface area contributed by atoms with E-state index in [0.717, 1.165) is 6.07 Å². The predicted octanol–water partition coefficient (Wildman–Crippen LogP) is 4.44. The highest BCUT2D eigenvalue weighted by Gasteiger charge is 2.38. The molecule has 0 radical (unpaired) electrons. The van der Waals surface area contributed by atoms with E-state index >= 15 is 0 Å². The van der Waals surface area contributed by atoms with Gasteiger partial charge in [-0.05, 0) is 42.0 Å². The molecule has 4 N–H and O–H groups in total. The molecule has 0 saturated carbocycles. The van der Waals surface area contributed by atoms with Gasteiger partial charge in [-0.3, -0.25) is 9.48 Å². The molecule has 0 bridgehead atoms. The summed E-state index contributed by atoms with van der Waals surface area (Å²) in [4.78, 5) is 12.2. The number of carbonyl (C=O) groups excluding carboxylic acids is 1. The number of halogens is 5. The number of carbonyl (C=O) groups is 1. The zero-order valence-corrected chi connectivity index (χ0v) is 18.2. The smallest absolute Gasteiger partial charge is 0.383 e. The van der Waals surface area contributed by atoms with Crippen molar-refractivity contribution in [2.45, 2.75) is 19.0 Å². The number of aromatic nitrogens is 2. The minimum absolute atomic E-state index is 0.0808. The molecule has 1 amide bonds. The Morgan fingerprint density at radius 3 is 2.81 bits per heavy atom. The predicted molar refractivity (Wildman–Crippen MR) is 119 cm³/mol. The lowest BCUT2D eigenvalue weighted by atomic mass is 9.99. The largest absolute Gasteiger partial charge is 0.436 e. The third-order valence-electron chi connectivity index (χ3n) is 5.22. The van der Waals surface area contributed by atoms with Gasteiger partial charge in [-0.25, -0.2) is 4.39 Å². The molecule has 2 aromatic rings. The average molecular weight is 488 g/mol. The van der Waals surface area contributed by atoms with Gasteiger partial charge in [-0.2, -0.15) is 18.3 Å². The van der Waals surface area contributed by atoms with Gasteiger partial charge in [0.1, 0.15) is 27.9 Å². The first-order chi connectivity index (χ1) is 15.0. The number of thiol groups is 1. The molecule has 0 saturated heterocycles. The van der Waals surface area contributed by atoms with E-state index in [1.54, 1.807) is 7.05 Å². The highest BCUT2D eigenvalue weighted by molar-refractivity contribution is 8.01. The number of hydrogen-bond acceptors (Lipinski definition) is 4. The molecule has 1 aromatic carbocycles. The van der Waals surface area contributed by atoms with Crippen molar-refractivity contribution in [1.29, 1.82) is 0 Å². The van der Waals surface area contributed by atoms with Gasteiger partial charge in [0.15, 0.2) is 0 Å². The normalized spacial score (nSPS) is 18.4. The monoisotopic (exact) mass is 487 g/mol. The number of anilines is 2. The van der Waals surface area contributed by atoms with Crippen LogP contribution >= 0.6 is 23.0 Å². The summed E-state index contributed by atoms with van der Waals surface area (Å²) in [5.74, 6) is -1.23. The van der Waals surface area contributed by atoms with Gasteiger partial charge in [-0.15, -0.1) is 11.4 Å². The number of nitrogen functional groups attached to an aromatic ring is 1. The summed E-state index contributed by atoms with van der Waals surface area (Å²) in [6, 6.07) is 3.77. The standard InChI is InChI=1S/C20H18ClF4N5OS/c1-30-17(26)15(18(31)27-11-4-5-13(22)12(21)7-11)16(29-30)10-3-2-9(6-10)14-8-32-19(28-14)20(23,24)25/h3-5,7-9,28,32H,2,6,26H2,1H3,(H,27,31). The van der Waals surface area contributed by atoms with Crippen LogP contribution < -0.4 is 16.4 Å². The molecule has 12 heteroatoms. The number of hydrogen-bond donors (Lipinski definition) is 4. The second-order valence-corrected chi connectivity index (χ2v) is 8.74. The maximum absolute atomic E-state index is 13.4. The summed E-state index contributed by atoms with van der Waals surface area (Å²) < 4.78 is 53.5. The first-order valence-electron chi connectivity index (χ1n) is 9.45. The molecule has 6 nitrogen and oxygen atoms in total. The van der Waals surface area contributed by atoms with Crippen molar-refractivity contribution in [3.63, 3.8) is 0 Å². The summed E-state index contributed by atoms with van der Waals surface area (Å²) in [5, 5.41) is 10.8. The molecule has 1 aliphatic heterocycles. The number of nitrogens with one attached hydrogen (secondary N) is 2. The lowest BCUT2D eigenvalue weighted by Crippen LogP contribution is -2.34. The van der Waals surface area contributed by atoms with Gasteiger partial charge in [-0.1, -0.05) is 17.7 Å². The van der Waals surface area contributed by atoms with Crippen molar-refractivity contribution in [3.8, 4) is 0 Å². The summed E-state index contributed by atoms with van der Waals surface area (Å²) in [6.07, 6.45) is -1.65. The lowest BCUT2D eigenvalue weighted by molar-refractivity contribution is -0.0587. The second-order valence-electron chi connectivity index (χ2n) is 7.37. The highest BCUT2D eigenvalue weighted by atomic mass is 35.5. The van der Waals surface area contributed by atoms with Crippen molar-refractivity contribution < 1.29 is 22.4 Å². The van der Waals surface area contributed by atoms with Crippen LogP contribution in [0.15, 0.2) is 35.4 Å². The molecule has 0 spiro atoms. The number of benzene rings is 1. The van der Waals surface area contributed by atoms with Crippen molar-refractivity contribution in [3.05, 3.63) is 57.5 Å². The number of nitrogens with two attached hydrogens (primary N) is 1. The summed E-state index contributed by atoms with van der Waals surface area (Å²) >= 11 is 5.85. The van der Waals surface area contributed by atoms with Gasteiger partial charge < -0.3 is 16.4 Å². The average Bonchev–Trinajstić information content (AvgIpc) is 3.43. The Kier molecular flexibility index (Phi) is 5.80. The Morgan fingerprint density at radius 2 is 2.16 bits per heavy atom. The minimum atomic E-state index is -4.40. The van der Waals surface area contributed by atoms with Gasteiger partial charge in [0.25, 0.3) is 5.91 Å². The van der Waals surface area contributed by atoms with Crippen molar-refractivity contribution in [2.75, 3.05) is 11.1 Å². The van der Waals surface area contributed by atoms with Crippen molar-refractivity contribution in [1.82, 2.24) is 15.1 Å². The molecular weight excluding hydrogens is 470 g/mol. The molecule has 0 fully saturated rings. The number of aryl methyl sites for hydroxylation is 1. The molecule has 2 heterocycles. The third-order valence-corrected chi connectivity index (χ3v) is 6.54. The zero-order valence-electron chi connectivity index (χ0n) is 16.6. The second kappa shape index (κ2) is 8.28. The fraction of sp³-hybridized carbons (Fsp3) is 0.250. The van der Waals surface area contributed by atoms with E-state index in [-0.39, 0.29) is 39.4 Å². The number of nitrogens with zero attached hydrogens (tertiary/aromatic N) is 2. The lowest BCUT2D eigenvalue weighted by Gasteiger charge is -2.16. The Bertz CT molecular complexity index is 1200. The van der Waals surface area contributed by atoms with E-state index in [2.05, 4.69) is 15.7 Å². The molecule has 1 unspecified atom stereocenters. The van der Waals surface area contributed by atoms with Gasteiger partial charge in [0, 0.05) is 24.4 Å². The summed E-state index contributed by atoms with van der Waals surface area (Å²) in [5.41, 5.74) is 8.06. The van der Waals surface area contributed by atoms with E-state index < -0.39 is 22.9 Å². The molecule has 2 aliphatic rings. The maximum Gasteiger partial charge on any atom is 0.436 e. The fourth-order valence-corrected chi connectivity index (χ4v) is 4.65. The number of rotatable bonds is 4. The van der Waals surface area contributed by atoms with Crippen molar-refractivity contribution in [2.24, 2.45) is 13.0 Å². The van der Waals surface area contributed by atoms with Crippen LogP contribution in [0.3, 0.4) is 0 Å². The highest BCUT2D eigenvalue weighted by Crippen LogP contribution is 2.39. The Morgan fingerprint density at radius 1 is 1.41 bits per heavy atom. The van der Waals surface area contributed by atoms with E-state index in [1.165, 1.54) is 22.2 Å². The van der Waals surface area contributed by atoms with E-state index in [9.17, 15) is 22.4 Å². The first kappa shape index (κ1) is 22.4. The first-order valence-corrected chi connectivity index (χ1v) is 10.8. The van der Waals surface area contributed by atoms with Gasteiger partial charge in [0.2, 0.25) is 0 Å². The van der Waals surface area contributed by atoms with Crippen LogP contribution in [0.25, 0.3) is 5.57 Å². The molecule has 1 aromatic heterocycles. The Hall–Kier alpha value is -2.79. The van der Waals surface area contributed by atoms with Crippen LogP contribution in [-0.2, 0) is 7.05 Å². The molecule has 32 heavy (non-hydrogen) atoms. The summed E-state index contributed by atoms with van der Waals surface area (Å²) in [7, 11) is 1.59. The SMILES string of the molecule is Cn1nc(C2=CCC(C3=C[SH]=C(C(F)(F)F)N3)C2)c(C(=O)Nc2ccc(F)c(Cl)c2)c1N. The van der Waals surface area contributed by atoms with E-state index in [1.807, 2.05) is 6.08 Å². The molecular formula is C20H18ClF4N5OS. The maximum atomic E-state index is 13.4. The van der Waals surface area contributed by atoms with Gasteiger partial charge >= 0.3 is 6.18 Å². The van der Waals surface area contributed by atoms with Crippen LogP contribution in [0.5, 0.6) is 0 Å². The van der Waals surface area contributed by atoms with E-state index in [4.69, 9.17) is 17.3 Å². The number of allylic oxidation sites excluding steroid dienone is 3. The minimum Gasteiger partial charge on any atom is -0.383 e. The van der Waals surface area contributed by atoms with Crippen LogP contribution in [0, 0.1) is 11.7 Å². The van der Waals surface area contributed by atoms with E-state index in [0.29, 0.717) is 29.8 Å². The quantitative estimate of drug-likeness (QED) is 0.292. The van der Waals surface area contributed by atoms with Crippen LogP contribution in [0.2, 0.25) is 5.02 Å². The van der Waals surface area contributed by atoms with Gasteiger partial charge in [0.05, 0.1) is 5.02 Å². The molecule has 170 valence electrons. The topological polar surface area (TPSA) is 85.0 Å². The number of alkyl halides is 3. The molecule has 1 aliphatic carbocycles.